The van der Waals surface area contributed by atoms with Crippen LogP contribution in [0.2, 0.25) is 0 Å². The first kappa shape index (κ1) is 25.8. The number of halogens is 3. The minimum Gasteiger partial charge on any atom is -0.497 e. The number of hydrogen-bond donors (Lipinski definition) is 2. The van der Waals surface area contributed by atoms with Crippen LogP contribution in [-0.2, 0) is 0 Å². The number of pyridine rings is 1. The van der Waals surface area contributed by atoms with Gasteiger partial charge in [0.1, 0.15) is 17.3 Å². The fourth-order valence-electron chi connectivity index (χ4n) is 3.48. The van der Waals surface area contributed by atoms with Gasteiger partial charge >= 0.3 is 6.18 Å². The lowest BCUT2D eigenvalue weighted by Crippen LogP contribution is -2.43. The van der Waals surface area contributed by atoms with Gasteiger partial charge in [0.05, 0.1) is 26.5 Å². The molecule has 7 nitrogen and oxygen atoms in total. The van der Waals surface area contributed by atoms with Crippen molar-refractivity contribution in [2.45, 2.75) is 26.3 Å². The number of aliphatic imine (C=N–C) groups is 1. The molecule has 2 N–H and O–H groups in total. The predicted molar refractivity (Wildman–Crippen MR) is 133 cm³/mol. The van der Waals surface area contributed by atoms with Crippen molar-refractivity contribution < 1.29 is 24.1 Å². The summed E-state index contributed by atoms with van der Waals surface area (Å²) in [6.07, 6.45) is -3.99. The summed E-state index contributed by atoms with van der Waals surface area (Å²) in [6, 6.07) is 15.5. The zero-order chi connectivity index (χ0) is 25.6. The second-order valence-electron chi connectivity index (χ2n) is 7.25. The van der Waals surface area contributed by atoms with Gasteiger partial charge in [-0.1, -0.05) is 26.0 Å². The molecule has 1 atom stereocenters. The van der Waals surface area contributed by atoms with Gasteiger partial charge in [0.25, 0.3) is 5.56 Å². The standard InChI is InChI=1S/C23H21F3N4O3.C2H6.H2/c1-32-17-7-3-14(4-8-17)19-11-15-12-27-22(28-13-23(24,25)26)29-20(15)30(21(19)31)16-5-9-18(33-2)10-6-16;1-2;/h3-12,22,28-29H,13H2,1-2H3;1-2H3;1H. The van der Waals surface area contributed by atoms with Crippen molar-refractivity contribution >= 4 is 12.0 Å². The van der Waals surface area contributed by atoms with E-state index in [1.807, 2.05) is 13.8 Å². The summed E-state index contributed by atoms with van der Waals surface area (Å²) in [6.45, 7) is 2.77. The van der Waals surface area contributed by atoms with E-state index in [1.165, 1.54) is 17.9 Å². The third-order valence-electron chi connectivity index (χ3n) is 5.09. The first-order chi connectivity index (χ1) is 16.8. The van der Waals surface area contributed by atoms with Crippen molar-refractivity contribution in [2.24, 2.45) is 4.99 Å². The third kappa shape index (κ3) is 6.02. The minimum absolute atomic E-state index is 0. The first-order valence-electron chi connectivity index (χ1n) is 11.0. The van der Waals surface area contributed by atoms with E-state index < -0.39 is 19.0 Å². The van der Waals surface area contributed by atoms with Crippen molar-refractivity contribution in [1.29, 1.82) is 0 Å². The molecule has 1 aromatic heterocycles. The monoisotopic (exact) mass is 490 g/mol. The lowest BCUT2D eigenvalue weighted by molar-refractivity contribution is -0.125. The molecule has 0 spiro atoms. The summed E-state index contributed by atoms with van der Waals surface area (Å²) in [5, 5.41) is 5.20. The predicted octanol–water partition coefficient (Wildman–Crippen LogP) is 5.07. The minimum atomic E-state index is -4.40. The van der Waals surface area contributed by atoms with Crippen LogP contribution in [0.5, 0.6) is 11.5 Å². The van der Waals surface area contributed by atoms with Crippen LogP contribution < -0.4 is 25.7 Å². The Labute approximate surface area is 202 Å². The maximum atomic E-state index is 13.6. The van der Waals surface area contributed by atoms with Crippen molar-refractivity contribution in [3.8, 4) is 28.3 Å². The number of methoxy groups -OCH3 is 2. The van der Waals surface area contributed by atoms with Crippen LogP contribution in [0.4, 0.5) is 19.0 Å². The van der Waals surface area contributed by atoms with Gasteiger partial charge < -0.3 is 14.8 Å². The highest BCUT2D eigenvalue weighted by molar-refractivity contribution is 5.91. The van der Waals surface area contributed by atoms with Crippen LogP contribution in [0, 0.1) is 0 Å². The molecule has 0 aliphatic carbocycles. The fraction of sp³-hybridized carbons (Fsp3) is 0.280. The van der Waals surface area contributed by atoms with Crippen LogP contribution in [0.25, 0.3) is 16.8 Å². The van der Waals surface area contributed by atoms with Gasteiger partial charge in [-0.25, -0.2) is 0 Å². The largest absolute Gasteiger partial charge is 0.497 e. The molecule has 2 heterocycles. The molecule has 10 heteroatoms. The van der Waals surface area contributed by atoms with Crippen molar-refractivity contribution in [2.75, 3.05) is 26.1 Å². The van der Waals surface area contributed by atoms with Crippen LogP contribution in [0.1, 0.15) is 20.8 Å². The zero-order valence-corrected chi connectivity index (χ0v) is 19.8. The number of fused-ring (bicyclic) bond motifs is 1. The van der Waals surface area contributed by atoms with E-state index in [4.69, 9.17) is 9.47 Å². The Kier molecular flexibility index (Phi) is 8.18. The van der Waals surface area contributed by atoms with Crippen LogP contribution >= 0.6 is 0 Å². The second kappa shape index (κ2) is 11.1. The zero-order valence-electron chi connectivity index (χ0n) is 19.8. The SMILES string of the molecule is CC.COc1ccc(-c2cc3c(n(-c4ccc(OC)cc4)c2=O)NC(NCC(F)(F)F)N=C3)cc1.[HH]. The van der Waals surface area contributed by atoms with E-state index in [0.29, 0.717) is 39.7 Å². The molecule has 4 rings (SSSR count). The Morgan fingerprint density at radius 1 is 1.03 bits per heavy atom. The molecule has 0 radical (unpaired) electrons. The Hall–Kier alpha value is -3.79. The molecule has 1 unspecified atom stereocenters. The van der Waals surface area contributed by atoms with Gasteiger partial charge in [0.15, 0.2) is 6.29 Å². The molecular formula is C25H29F3N4O3. The highest BCUT2D eigenvalue weighted by atomic mass is 19.4. The Morgan fingerprint density at radius 2 is 1.60 bits per heavy atom. The Morgan fingerprint density at radius 3 is 2.14 bits per heavy atom. The van der Waals surface area contributed by atoms with E-state index in [9.17, 15) is 18.0 Å². The topological polar surface area (TPSA) is 76.9 Å². The fourth-order valence-corrected chi connectivity index (χ4v) is 3.48. The summed E-state index contributed by atoms with van der Waals surface area (Å²) >= 11 is 0. The lowest BCUT2D eigenvalue weighted by Gasteiger charge is -2.26. The van der Waals surface area contributed by atoms with Gasteiger partial charge in [0.2, 0.25) is 0 Å². The smallest absolute Gasteiger partial charge is 0.401 e. The number of hydrogen-bond acceptors (Lipinski definition) is 6. The quantitative estimate of drug-likeness (QED) is 0.504. The molecule has 0 fully saturated rings. The molecule has 2 aromatic carbocycles. The number of nitrogens with zero attached hydrogens (tertiary/aromatic N) is 2. The summed E-state index contributed by atoms with van der Waals surface area (Å²) in [4.78, 5) is 17.7. The molecule has 3 aromatic rings. The number of nitrogens with one attached hydrogen (secondary N) is 2. The summed E-state index contributed by atoms with van der Waals surface area (Å²) in [7, 11) is 3.08. The molecule has 188 valence electrons. The number of alkyl halides is 3. The van der Waals surface area contributed by atoms with Gasteiger partial charge in [-0.3, -0.25) is 19.7 Å². The van der Waals surface area contributed by atoms with E-state index >= 15 is 0 Å². The molecule has 0 bridgehead atoms. The third-order valence-corrected chi connectivity index (χ3v) is 5.09. The van der Waals surface area contributed by atoms with E-state index in [2.05, 4.69) is 15.6 Å². The number of rotatable bonds is 6. The van der Waals surface area contributed by atoms with E-state index in [0.717, 1.165) is 0 Å². The Balaban J connectivity index is 0.00000148. The van der Waals surface area contributed by atoms with E-state index in [1.54, 1.807) is 61.7 Å². The number of aromatic nitrogens is 1. The number of anilines is 1. The number of ether oxygens (including phenoxy) is 2. The molecule has 1 aliphatic rings. The lowest BCUT2D eigenvalue weighted by atomic mass is 10.0. The van der Waals surface area contributed by atoms with Crippen LogP contribution in [0.3, 0.4) is 0 Å². The summed E-state index contributed by atoms with van der Waals surface area (Å²) in [5.41, 5.74) is 1.80. The van der Waals surface area contributed by atoms with Gasteiger partial charge in [-0.2, -0.15) is 13.2 Å². The summed E-state index contributed by atoms with van der Waals surface area (Å²) < 4.78 is 49.8. The normalized spacial score (nSPS) is 14.3. The maximum Gasteiger partial charge on any atom is 0.401 e. The molecular weight excluding hydrogens is 461 g/mol. The highest BCUT2D eigenvalue weighted by Gasteiger charge is 2.29. The average Bonchev–Trinajstić information content (AvgIpc) is 2.88. The van der Waals surface area contributed by atoms with Crippen LogP contribution in [0.15, 0.2) is 64.4 Å². The molecule has 0 amide bonds. The Bertz CT molecular complexity index is 1230. The maximum absolute atomic E-state index is 13.6. The van der Waals surface area contributed by atoms with Crippen LogP contribution in [-0.4, -0.2) is 44.0 Å². The number of benzene rings is 2. The van der Waals surface area contributed by atoms with E-state index in [-0.39, 0.29) is 6.99 Å². The molecule has 0 saturated carbocycles. The highest BCUT2D eigenvalue weighted by Crippen LogP contribution is 2.28. The van der Waals surface area contributed by atoms with Crippen molar-refractivity contribution in [3.05, 3.63) is 70.5 Å². The first-order valence-corrected chi connectivity index (χ1v) is 11.0. The molecule has 1 aliphatic heterocycles. The van der Waals surface area contributed by atoms with Crippen molar-refractivity contribution in [3.63, 3.8) is 0 Å². The van der Waals surface area contributed by atoms with Gasteiger partial charge in [0, 0.05) is 18.8 Å². The van der Waals surface area contributed by atoms with Gasteiger partial charge in [-0.15, -0.1) is 0 Å². The average molecular weight is 491 g/mol. The molecule has 0 saturated heterocycles. The second-order valence-corrected chi connectivity index (χ2v) is 7.25. The molecule has 35 heavy (non-hydrogen) atoms. The summed E-state index contributed by atoms with van der Waals surface area (Å²) in [5.74, 6) is 1.58. The van der Waals surface area contributed by atoms with Gasteiger partial charge in [-0.05, 0) is 48.0 Å². The van der Waals surface area contributed by atoms with Crippen molar-refractivity contribution in [1.82, 2.24) is 9.88 Å².